The average Bonchev–Trinajstić information content (AvgIpc) is 2.52. The second-order valence-corrected chi connectivity index (χ2v) is 14.2. The van der Waals surface area contributed by atoms with E-state index in [1.54, 1.807) is 0 Å². The minimum absolute atomic E-state index is 0.154. The molecular formula is C20H36NSi+. The molecule has 0 saturated heterocycles. The van der Waals surface area contributed by atoms with E-state index in [1.165, 1.54) is 63.0 Å². The molecule has 1 aliphatic rings. The first-order chi connectivity index (χ1) is 10.4. The van der Waals surface area contributed by atoms with Gasteiger partial charge in [0.25, 0.3) is 0 Å². The van der Waals surface area contributed by atoms with Gasteiger partial charge in [-0.25, -0.2) is 0 Å². The minimum atomic E-state index is -0.893. The zero-order valence-corrected chi connectivity index (χ0v) is 16.0. The second kappa shape index (κ2) is 7.78. The molecule has 0 aromatic heterocycles. The fraction of sp³-hybridized carbons (Fsp3) is 0.700. The van der Waals surface area contributed by atoms with Gasteiger partial charge in [0, 0.05) is 26.0 Å². The Balaban J connectivity index is 2.05. The third kappa shape index (κ3) is 4.96. The number of hydrogen-bond donors (Lipinski definition) is 1. The molecule has 2 rings (SSSR count). The van der Waals surface area contributed by atoms with E-state index in [-0.39, 0.29) is 5.54 Å². The van der Waals surface area contributed by atoms with Crippen LogP contribution in [0.3, 0.4) is 0 Å². The van der Waals surface area contributed by atoms with Crippen LogP contribution in [0.1, 0.15) is 56.9 Å². The first kappa shape index (κ1) is 17.7. The smallest absolute Gasteiger partial charge is 0.123 e. The number of quaternary nitrogens is 1. The van der Waals surface area contributed by atoms with Crippen LogP contribution in [0.15, 0.2) is 30.3 Å². The zero-order chi connectivity index (χ0) is 16.1. The summed E-state index contributed by atoms with van der Waals surface area (Å²) >= 11 is 0. The Labute approximate surface area is 138 Å². The predicted octanol–water partition coefficient (Wildman–Crippen LogP) is 5.21. The van der Waals surface area contributed by atoms with Crippen molar-refractivity contribution in [3.63, 3.8) is 0 Å². The normalized spacial score (nSPS) is 19.8. The van der Waals surface area contributed by atoms with Gasteiger partial charge in [-0.2, -0.15) is 0 Å². The summed E-state index contributed by atoms with van der Waals surface area (Å²) in [6.07, 6.45) is 11.0. The van der Waals surface area contributed by atoms with Crippen molar-refractivity contribution in [2.45, 2.75) is 82.6 Å². The lowest BCUT2D eigenvalue weighted by atomic mass is 9.69. The molecule has 1 nitrogen and oxygen atoms in total. The third-order valence-electron chi connectivity index (χ3n) is 5.54. The summed E-state index contributed by atoms with van der Waals surface area (Å²) in [6.45, 7) is 7.47. The maximum Gasteiger partial charge on any atom is 0.123 e. The van der Waals surface area contributed by atoms with Crippen molar-refractivity contribution in [2.75, 3.05) is 0 Å². The number of benzene rings is 1. The molecule has 1 aliphatic carbocycles. The highest BCUT2D eigenvalue weighted by Gasteiger charge is 2.40. The van der Waals surface area contributed by atoms with Gasteiger partial charge in [0.2, 0.25) is 0 Å². The van der Waals surface area contributed by atoms with Gasteiger partial charge in [-0.05, 0) is 19.3 Å². The first-order valence-electron chi connectivity index (χ1n) is 9.33. The van der Waals surface area contributed by atoms with Crippen molar-refractivity contribution in [3.05, 3.63) is 35.9 Å². The number of rotatable bonds is 7. The Morgan fingerprint density at radius 2 is 1.64 bits per heavy atom. The quantitative estimate of drug-likeness (QED) is 0.528. The standard InChI is InChI=1S/C20H35NSi/c1-22(2,3)17-11-10-16-20(21,18-12-6-4-7-13-18)19-14-8-5-9-15-19/h4,6-7,12-13,19H,5,8-11,14-17,21H2,1-3H3/p+1. The predicted molar refractivity (Wildman–Crippen MR) is 99.6 cm³/mol. The maximum absolute atomic E-state index is 4.81. The molecule has 22 heavy (non-hydrogen) atoms. The van der Waals surface area contributed by atoms with E-state index in [1.807, 2.05) is 0 Å². The van der Waals surface area contributed by atoms with E-state index in [0.717, 1.165) is 5.92 Å². The Hall–Kier alpha value is -0.603. The fourth-order valence-electron chi connectivity index (χ4n) is 4.11. The highest BCUT2D eigenvalue weighted by Crippen LogP contribution is 2.39. The molecule has 1 atom stereocenters. The molecule has 0 bridgehead atoms. The molecule has 1 aromatic rings. The Morgan fingerprint density at radius 3 is 2.23 bits per heavy atom. The Morgan fingerprint density at radius 1 is 1.00 bits per heavy atom. The van der Waals surface area contributed by atoms with Gasteiger partial charge in [0.15, 0.2) is 0 Å². The zero-order valence-electron chi connectivity index (χ0n) is 15.0. The summed E-state index contributed by atoms with van der Waals surface area (Å²) in [6, 6.07) is 12.6. The topological polar surface area (TPSA) is 27.6 Å². The molecule has 0 heterocycles. The van der Waals surface area contributed by atoms with Crippen molar-refractivity contribution >= 4 is 8.07 Å². The maximum atomic E-state index is 4.81. The van der Waals surface area contributed by atoms with E-state index < -0.39 is 8.07 Å². The van der Waals surface area contributed by atoms with Gasteiger partial charge in [0.05, 0.1) is 0 Å². The molecule has 0 aliphatic heterocycles. The van der Waals surface area contributed by atoms with E-state index >= 15 is 0 Å². The SMILES string of the molecule is C[Si](C)(C)CCCCC([NH3+])(c1ccccc1)C1CCCCC1. The van der Waals surface area contributed by atoms with E-state index in [9.17, 15) is 0 Å². The Bertz CT molecular complexity index is 431. The molecule has 0 amide bonds. The Kier molecular flexibility index (Phi) is 6.28. The van der Waals surface area contributed by atoms with E-state index in [0.29, 0.717) is 0 Å². The molecule has 1 saturated carbocycles. The lowest BCUT2D eigenvalue weighted by Gasteiger charge is -2.37. The highest BCUT2D eigenvalue weighted by atomic mass is 28.3. The summed E-state index contributed by atoms with van der Waals surface area (Å²) < 4.78 is 0. The van der Waals surface area contributed by atoms with Crippen LogP contribution in [0.25, 0.3) is 0 Å². The first-order valence-corrected chi connectivity index (χ1v) is 13.0. The minimum Gasteiger partial charge on any atom is -0.349 e. The number of hydrogen-bond acceptors (Lipinski definition) is 0. The second-order valence-electron chi connectivity index (χ2n) is 8.62. The largest absolute Gasteiger partial charge is 0.349 e. The average molecular weight is 319 g/mol. The fourth-order valence-corrected chi connectivity index (χ4v) is 5.42. The summed E-state index contributed by atoms with van der Waals surface area (Å²) in [5, 5.41) is 0. The van der Waals surface area contributed by atoms with Crippen LogP contribution in [0.4, 0.5) is 0 Å². The van der Waals surface area contributed by atoms with Crippen molar-refractivity contribution in [1.82, 2.24) is 0 Å². The van der Waals surface area contributed by atoms with Crippen molar-refractivity contribution in [3.8, 4) is 0 Å². The van der Waals surface area contributed by atoms with Crippen LogP contribution in [0.2, 0.25) is 25.7 Å². The molecule has 2 heteroatoms. The molecule has 0 radical (unpaired) electrons. The molecule has 124 valence electrons. The van der Waals surface area contributed by atoms with Gasteiger partial charge < -0.3 is 5.73 Å². The summed E-state index contributed by atoms with van der Waals surface area (Å²) in [4.78, 5) is 0. The summed E-state index contributed by atoms with van der Waals surface area (Å²) in [5.74, 6) is 0.788. The van der Waals surface area contributed by atoms with Crippen molar-refractivity contribution in [1.29, 1.82) is 0 Å². The van der Waals surface area contributed by atoms with Gasteiger partial charge in [-0.15, -0.1) is 0 Å². The van der Waals surface area contributed by atoms with Crippen LogP contribution in [-0.4, -0.2) is 8.07 Å². The molecule has 1 aromatic carbocycles. The van der Waals surface area contributed by atoms with Crippen LogP contribution in [-0.2, 0) is 5.54 Å². The van der Waals surface area contributed by atoms with Gasteiger partial charge in [0.1, 0.15) is 5.54 Å². The monoisotopic (exact) mass is 318 g/mol. The van der Waals surface area contributed by atoms with Crippen LogP contribution < -0.4 is 5.73 Å². The molecular weight excluding hydrogens is 282 g/mol. The lowest BCUT2D eigenvalue weighted by Crippen LogP contribution is -2.73. The van der Waals surface area contributed by atoms with Crippen molar-refractivity contribution in [2.24, 2.45) is 5.92 Å². The molecule has 1 fully saturated rings. The lowest BCUT2D eigenvalue weighted by molar-refractivity contribution is -0.507. The van der Waals surface area contributed by atoms with Gasteiger partial charge in [-0.1, -0.05) is 81.7 Å². The molecule has 0 spiro atoms. The van der Waals surface area contributed by atoms with Crippen molar-refractivity contribution < 1.29 is 5.73 Å². The van der Waals surface area contributed by atoms with E-state index in [4.69, 9.17) is 5.73 Å². The van der Waals surface area contributed by atoms with Crippen LogP contribution >= 0.6 is 0 Å². The van der Waals surface area contributed by atoms with Crippen LogP contribution in [0.5, 0.6) is 0 Å². The highest BCUT2D eigenvalue weighted by molar-refractivity contribution is 6.76. The number of unbranched alkanes of at least 4 members (excludes halogenated alkanes) is 1. The molecule has 1 unspecified atom stereocenters. The third-order valence-corrected chi connectivity index (χ3v) is 7.39. The van der Waals surface area contributed by atoms with Gasteiger partial charge >= 0.3 is 0 Å². The van der Waals surface area contributed by atoms with Crippen LogP contribution in [0, 0.1) is 5.92 Å². The molecule has 3 N–H and O–H groups in total. The summed E-state index contributed by atoms with van der Waals surface area (Å²) in [7, 11) is -0.893. The van der Waals surface area contributed by atoms with Gasteiger partial charge in [-0.3, -0.25) is 0 Å². The van der Waals surface area contributed by atoms with E-state index in [2.05, 4.69) is 50.0 Å². The summed E-state index contributed by atoms with van der Waals surface area (Å²) in [5.41, 5.74) is 6.44.